The Kier molecular flexibility index (Phi) is 7.57. The maximum Gasteiger partial charge on any atom is 0.306 e. The summed E-state index contributed by atoms with van der Waals surface area (Å²) < 4.78 is 23.5. The van der Waals surface area contributed by atoms with Gasteiger partial charge in [0.2, 0.25) is 0 Å². The second-order valence-electron chi connectivity index (χ2n) is 6.58. The Hall–Kier alpha value is -3.19. The fourth-order valence-corrected chi connectivity index (χ4v) is 3.69. The van der Waals surface area contributed by atoms with E-state index in [1.165, 1.54) is 23.5 Å². The molecule has 156 valence electrons. The van der Waals surface area contributed by atoms with E-state index < -0.39 is 17.9 Å². The molecule has 1 amide bonds. The molecule has 1 aromatic heterocycles. The van der Waals surface area contributed by atoms with Crippen LogP contribution in [-0.4, -0.2) is 25.6 Å². The van der Waals surface area contributed by atoms with Crippen LogP contribution in [0.3, 0.4) is 0 Å². The maximum absolute atomic E-state index is 13.2. The van der Waals surface area contributed by atoms with E-state index >= 15 is 0 Å². The summed E-state index contributed by atoms with van der Waals surface area (Å²) in [5.74, 6) is -0.466. The number of methoxy groups -OCH3 is 1. The quantitative estimate of drug-likeness (QED) is 0.518. The minimum Gasteiger partial charge on any atom is -0.497 e. The second-order valence-corrected chi connectivity index (χ2v) is 7.56. The number of halogens is 1. The predicted octanol–water partition coefficient (Wildman–Crippen LogP) is 4.28. The van der Waals surface area contributed by atoms with Crippen molar-refractivity contribution in [2.45, 2.75) is 18.9 Å². The molecule has 0 saturated heterocycles. The first-order chi connectivity index (χ1) is 14.5. The average Bonchev–Trinajstić information content (AvgIpc) is 3.30. The van der Waals surface area contributed by atoms with E-state index in [9.17, 15) is 14.0 Å². The molecule has 0 spiro atoms. The van der Waals surface area contributed by atoms with Crippen LogP contribution in [0, 0.1) is 5.82 Å². The van der Waals surface area contributed by atoms with Crippen LogP contribution in [0.2, 0.25) is 0 Å². The molecule has 0 radical (unpaired) electrons. The SMILES string of the molecule is COc1ccc(CCC(=O)OCC(=O)NC(c2ccc(F)cc2)c2cccs2)cc1. The van der Waals surface area contributed by atoms with Crippen LogP contribution in [-0.2, 0) is 20.7 Å². The van der Waals surface area contributed by atoms with Gasteiger partial charge >= 0.3 is 5.97 Å². The van der Waals surface area contributed by atoms with Crippen LogP contribution in [0.5, 0.6) is 5.75 Å². The highest BCUT2D eigenvalue weighted by atomic mass is 32.1. The molecule has 2 aromatic carbocycles. The predicted molar refractivity (Wildman–Crippen MR) is 113 cm³/mol. The van der Waals surface area contributed by atoms with Gasteiger partial charge in [-0.05, 0) is 53.3 Å². The topological polar surface area (TPSA) is 64.6 Å². The molecule has 3 aromatic rings. The zero-order valence-electron chi connectivity index (χ0n) is 16.5. The van der Waals surface area contributed by atoms with Crippen molar-refractivity contribution in [3.05, 3.63) is 87.9 Å². The summed E-state index contributed by atoms with van der Waals surface area (Å²) in [7, 11) is 1.59. The number of thiophene rings is 1. The van der Waals surface area contributed by atoms with Crippen molar-refractivity contribution in [3.8, 4) is 5.75 Å². The standard InChI is InChI=1S/C23H22FNO4S/c1-28-19-11-4-16(5-12-19)6-13-22(27)29-15-21(26)25-23(20-3-2-14-30-20)17-7-9-18(24)10-8-17/h2-5,7-12,14,23H,6,13,15H2,1H3,(H,25,26). The first kappa shape index (κ1) is 21.5. The third kappa shape index (κ3) is 6.15. The number of ether oxygens (including phenoxy) is 2. The Labute approximate surface area is 178 Å². The second kappa shape index (κ2) is 10.5. The Morgan fingerprint density at radius 3 is 2.43 bits per heavy atom. The largest absolute Gasteiger partial charge is 0.497 e. The highest BCUT2D eigenvalue weighted by molar-refractivity contribution is 7.10. The third-order valence-electron chi connectivity index (χ3n) is 4.48. The number of amides is 1. The highest BCUT2D eigenvalue weighted by Gasteiger charge is 2.19. The number of esters is 1. The number of hydrogen-bond donors (Lipinski definition) is 1. The Morgan fingerprint density at radius 1 is 1.07 bits per heavy atom. The zero-order valence-corrected chi connectivity index (χ0v) is 17.3. The summed E-state index contributed by atoms with van der Waals surface area (Å²) in [4.78, 5) is 25.3. The van der Waals surface area contributed by atoms with Gasteiger partial charge in [0, 0.05) is 11.3 Å². The van der Waals surface area contributed by atoms with Gasteiger partial charge in [0.15, 0.2) is 6.61 Å². The van der Waals surface area contributed by atoms with Crippen molar-refractivity contribution in [1.82, 2.24) is 5.32 Å². The summed E-state index contributed by atoms with van der Waals surface area (Å²) in [6, 6.07) is 16.7. The van der Waals surface area contributed by atoms with E-state index in [0.29, 0.717) is 6.42 Å². The average molecular weight is 427 g/mol. The Balaban J connectivity index is 1.51. The van der Waals surface area contributed by atoms with Crippen LogP contribution in [0.4, 0.5) is 4.39 Å². The molecule has 0 fully saturated rings. The number of aryl methyl sites for hydroxylation is 1. The molecule has 0 aliphatic carbocycles. The summed E-state index contributed by atoms with van der Waals surface area (Å²) in [5, 5.41) is 4.75. The van der Waals surface area contributed by atoms with Gasteiger partial charge in [-0.15, -0.1) is 11.3 Å². The van der Waals surface area contributed by atoms with Gasteiger partial charge in [-0.1, -0.05) is 30.3 Å². The number of nitrogens with one attached hydrogen (secondary N) is 1. The third-order valence-corrected chi connectivity index (χ3v) is 5.41. The molecule has 0 aliphatic rings. The maximum atomic E-state index is 13.2. The number of benzene rings is 2. The van der Waals surface area contributed by atoms with Gasteiger partial charge in [0.25, 0.3) is 5.91 Å². The van der Waals surface area contributed by atoms with Crippen LogP contribution in [0.1, 0.15) is 28.5 Å². The fraction of sp³-hybridized carbons (Fsp3) is 0.217. The molecule has 7 heteroatoms. The van der Waals surface area contributed by atoms with Crippen molar-refractivity contribution >= 4 is 23.2 Å². The highest BCUT2D eigenvalue weighted by Crippen LogP contribution is 2.26. The minimum atomic E-state index is -0.449. The fourth-order valence-electron chi connectivity index (χ4n) is 2.89. The van der Waals surface area contributed by atoms with Crippen molar-refractivity contribution < 1.29 is 23.5 Å². The van der Waals surface area contributed by atoms with Crippen LogP contribution in [0.25, 0.3) is 0 Å². The van der Waals surface area contributed by atoms with Crippen LogP contribution < -0.4 is 10.1 Å². The van der Waals surface area contributed by atoms with E-state index in [-0.39, 0.29) is 18.8 Å². The van der Waals surface area contributed by atoms with Gasteiger partial charge in [0.1, 0.15) is 11.6 Å². The molecule has 30 heavy (non-hydrogen) atoms. The van der Waals surface area contributed by atoms with Crippen molar-refractivity contribution in [1.29, 1.82) is 0 Å². The molecule has 0 aliphatic heterocycles. The smallest absolute Gasteiger partial charge is 0.306 e. The number of hydrogen-bond acceptors (Lipinski definition) is 5. The lowest BCUT2D eigenvalue weighted by molar-refractivity contribution is -0.148. The van der Waals surface area contributed by atoms with Crippen molar-refractivity contribution in [2.75, 3.05) is 13.7 Å². The van der Waals surface area contributed by atoms with E-state index in [2.05, 4.69) is 5.32 Å². The van der Waals surface area contributed by atoms with Crippen LogP contribution in [0.15, 0.2) is 66.0 Å². The summed E-state index contributed by atoms with van der Waals surface area (Å²) in [5.41, 5.74) is 1.73. The molecule has 5 nitrogen and oxygen atoms in total. The molecule has 1 heterocycles. The van der Waals surface area contributed by atoms with Gasteiger partial charge in [-0.3, -0.25) is 9.59 Å². The monoisotopic (exact) mass is 427 g/mol. The first-order valence-corrected chi connectivity index (χ1v) is 10.3. The molecule has 1 unspecified atom stereocenters. The Bertz CT molecular complexity index is 956. The van der Waals surface area contributed by atoms with E-state index in [0.717, 1.165) is 21.8 Å². The summed E-state index contributed by atoms with van der Waals surface area (Å²) in [6.45, 7) is -0.371. The molecule has 1 N–H and O–H groups in total. The van der Waals surface area contributed by atoms with Crippen molar-refractivity contribution in [3.63, 3.8) is 0 Å². The van der Waals surface area contributed by atoms with E-state index in [4.69, 9.17) is 9.47 Å². The summed E-state index contributed by atoms with van der Waals surface area (Å²) in [6.07, 6.45) is 0.684. The van der Waals surface area contributed by atoms with E-state index in [1.807, 2.05) is 41.8 Å². The van der Waals surface area contributed by atoms with Crippen LogP contribution >= 0.6 is 11.3 Å². The molecule has 1 atom stereocenters. The lowest BCUT2D eigenvalue weighted by atomic mass is 10.1. The van der Waals surface area contributed by atoms with Gasteiger partial charge in [0.05, 0.1) is 13.2 Å². The lowest BCUT2D eigenvalue weighted by Gasteiger charge is -2.18. The molecular weight excluding hydrogens is 405 g/mol. The molecule has 0 saturated carbocycles. The molecular formula is C23H22FNO4S. The molecule has 0 bridgehead atoms. The number of carbonyl (C=O) groups excluding carboxylic acids is 2. The van der Waals surface area contributed by atoms with E-state index in [1.54, 1.807) is 19.2 Å². The summed E-state index contributed by atoms with van der Waals surface area (Å²) >= 11 is 1.48. The first-order valence-electron chi connectivity index (χ1n) is 9.42. The van der Waals surface area contributed by atoms with Gasteiger partial charge in [-0.2, -0.15) is 0 Å². The lowest BCUT2D eigenvalue weighted by Crippen LogP contribution is -2.32. The van der Waals surface area contributed by atoms with Gasteiger partial charge < -0.3 is 14.8 Å². The molecule has 3 rings (SSSR count). The normalized spacial score (nSPS) is 11.5. The zero-order chi connectivity index (χ0) is 21.3. The van der Waals surface area contributed by atoms with Gasteiger partial charge in [-0.25, -0.2) is 4.39 Å². The number of rotatable bonds is 9. The Morgan fingerprint density at radius 2 is 1.80 bits per heavy atom. The van der Waals surface area contributed by atoms with Crippen molar-refractivity contribution in [2.24, 2.45) is 0 Å². The number of carbonyl (C=O) groups is 2. The minimum absolute atomic E-state index is 0.173.